The second kappa shape index (κ2) is 5.60. The predicted octanol–water partition coefficient (Wildman–Crippen LogP) is -0.464. The summed E-state index contributed by atoms with van der Waals surface area (Å²) in [6, 6.07) is 0.297. The minimum absolute atomic E-state index is 0.0115. The van der Waals surface area contributed by atoms with E-state index in [1.807, 2.05) is 0 Å². The van der Waals surface area contributed by atoms with Gasteiger partial charge >= 0.3 is 0 Å². The van der Waals surface area contributed by atoms with Gasteiger partial charge in [-0.05, 0) is 32.4 Å². The lowest BCUT2D eigenvalue weighted by Gasteiger charge is -2.15. The molecular weight excluding hydrogens is 206 g/mol. The molecule has 1 saturated heterocycles. The van der Waals surface area contributed by atoms with E-state index >= 15 is 0 Å². The fraction of sp³-hybridized carbons (Fsp3) is 0.700. The largest absolute Gasteiger partial charge is 0.352 e. The van der Waals surface area contributed by atoms with Crippen LogP contribution in [0.1, 0.15) is 19.3 Å². The third-order valence-corrected chi connectivity index (χ3v) is 2.72. The Morgan fingerprint density at radius 1 is 1.50 bits per heavy atom. The molecule has 0 bridgehead atoms. The first-order valence-electron chi connectivity index (χ1n) is 5.69. The number of hydrogen-bond acceptors (Lipinski definition) is 4. The van der Waals surface area contributed by atoms with Gasteiger partial charge in [0.2, 0.25) is 5.91 Å². The van der Waals surface area contributed by atoms with Crippen LogP contribution in [0.25, 0.3) is 0 Å². The molecule has 1 fully saturated rings. The van der Waals surface area contributed by atoms with Gasteiger partial charge in [-0.2, -0.15) is 0 Å². The molecule has 2 rings (SSSR count). The number of carbonyl (C=O) groups is 1. The highest BCUT2D eigenvalue weighted by Crippen LogP contribution is 2.04. The van der Waals surface area contributed by atoms with Crippen LogP contribution in [0.15, 0.2) is 12.4 Å². The van der Waals surface area contributed by atoms with E-state index in [0.29, 0.717) is 6.04 Å². The summed E-state index contributed by atoms with van der Waals surface area (Å²) in [5, 5.41) is 13.8. The molecule has 0 aliphatic carbocycles. The monoisotopic (exact) mass is 223 g/mol. The maximum atomic E-state index is 11.7. The van der Waals surface area contributed by atoms with Gasteiger partial charge < -0.3 is 10.6 Å². The van der Waals surface area contributed by atoms with Crippen molar-refractivity contribution in [1.29, 1.82) is 0 Å². The zero-order valence-electron chi connectivity index (χ0n) is 9.22. The van der Waals surface area contributed by atoms with E-state index in [9.17, 15) is 4.79 Å². The first-order chi connectivity index (χ1) is 7.84. The van der Waals surface area contributed by atoms with Crippen LogP contribution in [0.2, 0.25) is 0 Å². The van der Waals surface area contributed by atoms with Crippen LogP contribution in [0.3, 0.4) is 0 Å². The lowest BCUT2D eigenvalue weighted by atomic mass is 10.1. The molecule has 16 heavy (non-hydrogen) atoms. The molecule has 1 unspecified atom stereocenters. The standard InChI is InChI=1S/C10H17N5O/c16-10(8-15-7-6-12-14-15)13-9-2-1-4-11-5-3-9/h6-7,9,11H,1-5,8H2,(H,13,16). The smallest absolute Gasteiger partial charge is 0.242 e. The summed E-state index contributed by atoms with van der Waals surface area (Å²) in [4.78, 5) is 11.7. The molecule has 6 nitrogen and oxygen atoms in total. The van der Waals surface area contributed by atoms with E-state index in [-0.39, 0.29) is 12.5 Å². The summed E-state index contributed by atoms with van der Waals surface area (Å²) in [5.41, 5.74) is 0. The van der Waals surface area contributed by atoms with Crippen molar-refractivity contribution in [2.75, 3.05) is 13.1 Å². The lowest BCUT2D eigenvalue weighted by Crippen LogP contribution is -2.37. The summed E-state index contributed by atoms with van der Waals surface area (Å²) in [6.45, 7) is 2.29. The number of nitrogens with one attached hydrogen (secondary N) is 2. The highest BCUT2D eigenvalue weighted by Gasteiger charge is 2.14. The highest BCUT2D eigenvalue weighted by molar-refractivity contribution is 5.75. The lowest BCUT2D eigenvalue weighted by molar-refractivity contribution is -0.122. The van der Waals surface area contributed by atoms with Gasteiger partial charge in [0.15, 0.2) is 0 Å². The molecule has 0 radical (unpaired) electrons. The van der Waals surface area contributed by atoms with Gasteiger partial charge in [0.25, 0.3) is 0 Å². The van der Waals surface area contributed by atoms with E-state index in [2.05, 4.69) is 20.9 Å². The zero-order chi connectivity index (χ0) is 11.2. The van der Waals surface area contributed by atoms with Gasteiger partial charge in [-0.25, -0.2) is 4.68 Å². The zero-order valence-corrected chi connectivity index (χ0v) is 9.22. The van der Waals surface area contributed by atoms with Gasteiger partial charge in [-0.15, -0.1) is 5.10 Å². The Labute approximate surface area is 94.4 Å². The topological polar surface area (TPSA) is 71.8 Å². The maximum absolute atomic E-state index is 11.7. The first kappa shape index (κ1) is 11.1. The number of nitrogens with zero attached hydrogens (tertiary/aromatic N) is 3. The van der Waals surface area contributed by atoms with Crippen molar-refractivity contribution < 1.29 is 4.79 Å². The average Bonchev–Trinajstić information content (AvgIpc) is 2.62. The minimum Gasteiger partial charge on any atom is -0.352 e. The van der Waals surface area contributed by atoms with Gasteiger partial charge in [0, 0.05) is 12.2 Å². The molecule has 2 N–H and O–H groups in total. The van der Waals surface area contributed by atoms with Crippen molar-refractivity contribution in [3.05, 3.63) is 12.4 Å². The Balaban J connectivity index is 1.77. The minimum atomic E-state index is 0.0115. The molecule has 0 spiro atoms. The van der Waals surface area contributed by atoms with Crippen LogP contribution >= 0.6 is 0 Å². The van der Waals surface area contributed by atoms with E-state index in [0.717, 1.165) is 32.4 Å². The molecule has 1 aromatic rings. The maximum Gasteiger partial charge on any atom is 0.242 e. The molecule has 88 valence electrons. The van der Waals surface area contributed by atoms with Crippen LogP contribution in [-0.4, -0.2) is 40.0 Å². The van der Waals surface area contributed by atoms with Crippen molar-refractivity contribution >= 4 is 5.91 Å². The van der Waals surface area contributed by atoms with Crippen molar-refractivity contribution in [3.8, 4) is 0 Å². The summed E-state index contributed by atoms with van der Waals surface area (Å²) in [7, 11) is 0. The quantitative estimate of drug-likeness (QED) is 0.727. The molecule has 2 heterocycles. The molecule has 0 aromatic carbocycles. The van der Waals surface area contributed by atoms with Crippen molar-refractivity contribution in [1.82, 2.24) is 25.6 Å². The van der Waals surface area contributed by atoms with Crippen LogP contribution in [-0.2, 0) is 11.3 Å². The summed E-state index contributed by atoms with van der Waals surface area (Å²) < 4.78 is 1.53. The Morgan fingerprint density at radius 2 is 2.44 bits per heavy atom. The van der Waals surface area contributed by atoms with Crippen molar-refractivity contribution in [3.63, 3.8) is 0 Å². The number of rotatable bonds is 3. The SMILES string of the molecule is O=C(Cn1ccnn1)NC1CCCNCC1. The number of amides is 1. The fourth-order valence-corrected chi connectivity index (χ4v) is 1.90. The third kappa shape index (κ3) is 3.30. The Kier molecular flexibility index (Phi) is 3.87. The predicted molar refractivity (Wildman–Crippen MR) is 58.7 cm³/mol. The average molecular weight is 223 g/mol. The normalized spacial score (nSPS) is 21.4. The van der Waals surface area contributed by atoms with E-state index in [1.54, 1.807) is 12.4 Å². The molecule has 1 amide bonds. The molecule has 1 atom stereocenters. The highest BCUT2D eigenvalue weighted by atomic mass is 16.2. The fourth-order valence-electron chi connectivity index (χ4n) is 1.90. The van der Waals surface area contributed by atoms with Gasteiger partial charge in [-0.1, -0.05) is 5.21 Å². The molecule has 1 aliphatic heterocycles. The van der Waals surface area contributed by atoms with Crippen LogP contribution in [0.5, 0.6) is 0 Å². The van der Waals surface area contributed by atoms with Crippen molar-refractivity contribution in [2.45, 2.75) is 31.8 Å². The van der Waals surface area contributed by atoms with Crippen molar-refractivity contribution in [2.24, 2.45) is 0 Å². The summed E-state index contributed by atoms with van der Waals surface area (Å²) >= 11 is 0. The van der Waals surface area contributed by atoms with Gasteiger partial charge in [-0.3, -0.25) is 4.79 Å². The second-order valence-corrected chi connectivity index (χ2v) is 4.05. The molecular formula is C10H17N5O. The Hall–Kier alpha value is -1.43. The summed E-state index contributed by atoms with van der Waals surface area (Å²) in [6.07, 6.45) is 6.44. The molecule has 6 heteroatoms. The Morgan fingerprint density at radius 3 is 3.25 bits per heavy atom. The van der Waals surface area contributed by atoms with E-state index in [4.69, 9.17) is 0 Å². The van der Waals surface area contributed by atoms with Crippen LogP contribution < -0.4 is 10.6 Å². The number of carbonyl (C=O) groups excluding carboxylic acids is 1. The Bertz CT molecular complexity index is 316. The second-order valence-electron chi connectivity index (χ2n) is 4.05. The first-order valence-corrected chi connectivity index (χ1v) is 5.69. The molecule has 0 saturated carbocycles. The van der Waals surface area contributed by atoms with Crippen LogP contribution in [0, 0.1) is 0 Å². The molecule has 1 aromatic heterocycles. The third-order valence-electron chi connectivity index (χ3n) is 2.72. The molecule has 1 aliphatic rings. The van der Waals surface area contributed by atoms with Gasteiger partial charge in [0.05, 0.1) is 6.20 Å². The number of hydrogen-bond donors (Lipinski definition) is 2. The van der Waals surface area contributed by atoms with E-state index in [1.165, 1.54) is 4.68 Å². The van der Waals surface area contributed by atoms with Crippen LogP contribution in [0.4, 0.5) is 0 Å². The van der Waals surface area contributed by atoms with Gasteiger partial charge in [0.1, 0.15) is 6.54 Å². The van der Waals surface area contributed by atoms with E-state index < -0.39 is 0 Å². The number of aromatic nitrogens is 3. The summed E-state index contributed by atoms with van der Waals surface area (Å²) in [5.74, 6) is 0.0115.